The molecule has 0 atom stereocenters. The van der Waals surface area contributed by atoms with Crippen molar-refractivity contribution in [2.45, 2.75) is 13.3 Å². The second-order valence-corrected chi connectivity index (χ2v) is 6.64. The molecule has 1 aromatic carbocycles. The van der Waals surface area contributed by atoms with Crippen LogP contribution in [-0.2, 0) is 11.2 Å². The normalized spacial score (nSPS) is 10.7. The molecule has 0 fully saturated rings. The van der Waals surface area contributed by atoms with Crippen LogP contribution in [0.3, 0.4) is 0 Å². The molecule has 0 aliphatic rings. The van der Waals surface area contributed by atoms with E-state index in [1.54, 1.807) is 36.7 Å². The molecular formula is C18H16N6O2S. The third-order valence-electron chi connectivity index (χ3n) is 3.39. The Bertz CT molecular complexity index is 971. The minimum Gasteiger partial charge on any atom is -0.296 e. The molecule has 136 valence electrons. The number of amides is 2. The van der Waals surface area contributed by atoms with E-state index in [0.29, 0.717) is 15.7 Å². The number of nitrogens with one attached hydrogen (secondary N) is 2. The van der Waals surface area contributed by atoms with Gasteiger partial charge < -0.3 is 0 Å². The van der Waals surface area contributed by atoms with Crippen molar-refractivity contribution in [3.8, 4) is 0 Å². The molecule has 2 heterocycles. The van der Waals surface area contributed by atoms with E-state index in [1.165, 1.54) is 6.21 Å². The molecule has 0 spiro atoms. The second-order valence-electron chi connectivity index (χ2n) is 5.58. The molecule has 9 heteroatoms. The van der Waals surface area contributed by atoms with Gasteiger partial charge in [0.05, 0.1) is 12.6 Å². The van der Waals surface area contributed by atoms with Gasteiger partial charge in [0.25, 0.3) is 5.91 Å². The van der Waals surface area contributed by atoms with Crippen molar-refractivity contribution in [3.05, 3.63) is 70.5 Å². The van der Waals surface area contributed by atoms with Crippen LogP contribution < -0.4 is 10.7 Å². The zero-order valence-electron chi connectivity index (χ0n) is 14.4. The van der Waals surface area contributed by atoms with Crippen LogP contribution in [0.2, 0.25) is 0 Å². The first kappa shape index (κ1) is 18.3. The van der Waals surface area contributed by atoms with Crippen LogP contribution in [0.15, 0.2) is 53.9 Å². The third-order valence-corrected chi connectivity index (χ3v) is 4.23. The lowest BCUT2D eigenvalue weighted by Gasteiger charge is -2.01. The Labute approximate surface area is 159 Å². The molecule has 2 aromatic heterocycles. The van der Waals surface area contributed by atoms with Crippen molar-refractivity contribution >= 4 is 34.5 Å². The van der Waals surface area contributed by atoms with Crippen molar-refractivity contribution in [3.63, 3.8) is 0 Å². The number of rotatable bonds is 6. The van der Waals surface area contributed by atoms with Crippen LogP contribution in [-0.4, -0.2) is 33.2 Å². The van der Waals surface area contributed by atoms with E-state index >= 15 is 0 Å². The lowest BCUT2D eigenvalue weighted by Crippen LogP contribution is -2.19. The number of nitrogens with zero attached hydrogens (tertiary/aromatic N) is 4. The predicted octanol–water partition coefficient (Wildman–Crippen LogP) is 2.19. The van der Waals surface area contributed by atoms with Crippen molar-refractivity contribution in [1.29, 1.82) is 0 Å². The Hall–Kier alpha value is -3.46. The maximum atomic E-state index is 12.2. The summed E-state index contributed by atoms with van der Waals surface area (Å²) in [7, 11) is 0. The Kier molecular flexibility index (Phi) is 5.95. The molecule has 0 aliphatic carbocycles. The van der Waals surface area contributed by atoms with Crippen molar-refractivity contribution in [2.24, 2.45) is 5.10 Å². The summed E-state index contributed by atoms with van der Waals surface area (Å²) >= 11 is 1.14. The zero-order chi connectivity index (χ0) is 19.1. The summed E-state index contributed by atoms with van der Waals surface area (Å²) in [6.07, 6.45) is 4.81. The second kappa shape index (κ2) is 8.77. The van der Waals surface area contributed by atoms with Gasteiger partial charge >= 0.3 is 0 Å². The minimum absolute atomic E-state index is 0.0195. The molecule has 0 radical (unpaired) electrons. The topological polar surface area (TPSA) is 109 Å². The van der Waals surface area contributed by atoms with Gasteiger partial charge in [-0.05, 0) is 36.8 Å². The third kappa shape index (κ3) is 5.51. The highest BCUT2D eigenvalue weighted by atomic mass is 32.1. The van der Waals surface area contributed by atoms with Crippen LogP contribution >= 0.6 is 11.3 Å². The highest BCUT2D eigenvalue weighted by Gasteiger charge is 2.12. The van der Waals surface area contributed by atoms with Crippen LogP contribution in [0.4, 0.5) is 5.13 Å². The number of carbonyl (C=O) groups is 2. The zero-order valence-corrected chi connectivity index (χ0v) is 15.2. The molecule has 3 rings (SSSR count). The lowest BCUT2D eigenvalue weighted by atomic mass is 10.1. The van der Waals surface area contributed by atoms with E-state index in [4.69, 9.17) is 0 Å². The largest absolute Gasteiger partial charge is 0.296 e. The predicted molar refractivity (Wildman–Crippen MR) is 103 cm³/mol. The number of hydrazone groups is 1. The van der Waals surface area contributed by atoms with Gasteiger partial charge in [0, 0.05) is 18.0 Å². The molecule has 2 amide bonds. The molecule has 0 saturated carbocycles. The minimum atomic E-state index is -0.326. The quantitative estimate of drug-likeness (QED) is 0.503. The highest BCUT2D eigenvalue weighted by Crippen LogP contribution is 2.17. The first-order chi connectivity index (χ1) is 13.1. The molecule has 3 aromatic rings. The average Bonchev–Trinajstić information content (AvgIpc) is 3.09. The molecular weight excluding hydrogens is 364 g/mol. The highest BCUT2D eigenvalue weighted by molar-refractivity contribution is 7.15. The van der Waals surface area contributed by atoms with Crippen LogP contribution in [0, 0.1) is 6.92 Å². The van der Waals surface area contributed by atoms with E-state index in [9.17, 15) is 9.59 Å². The monoisotopic (exact) mass is 380 g/mol. The Morgan fingerprint density at radius 2 is 2.00 bits per heavy atom. The van der Waals surface area contributed by atoms with Gasteiger partial charge in [-0.2, -0.15) is 5.10 Å². The molecule has 0 bridgehead atoms. The smallest absolute Gasteiger partial charge is 0.257 e. The fourth-order valence-electron chi connectivity index (χ4n) is 2.14. The number of aromatic nitrogens is 3. The molecule has 0 aliphatic heterocycles. The number of hydrogen-bond acceptors (Lipinski definition) is 7. The van der Waals surface area contributed by atoms with Gasteiger partial charge in [-0.15, -0.1) is 10.2 Å². The Morgan fingerprint density at radius 3 is 2.78 bits per heavy atom. The molecule has 8 nitrogen and oxygen atoms in total. The molecule has 27 heavy (non-hydrogen) atoms. The summed E-state index contributed by atoms with van der Waals surface area (Å²) in [5.74, 6) is -0.596. The maximum Gasteiger partial charge on any atom is 0.257 e. The molecule has 2 N–H and O–H groups in total. The van der Waals surface area contributed by atoms with Crippen LogP contribution in [0.5, 0.6) is 0 Å². The summed E-state index contributed by atoms with van der Waals surface area (Å²) < 4.78 is 0. The van der Waals surface area contributed by atoms with E-state index in [-0.39, 0.29) is 18.2 Å². The maximum absolute atomic E-state index is 12.2. The summed E-state index contributed by atoms with van der Waals surface area (Å²) in [6.45, 7) is 1.91. The van der Waals surface area contributed by atoms with Crippen molar-refractivity contribution in [1.82, 2.24) is 20.6 Å². The Balaban J connectivity index is 1.52. The van der Waals surface area contributed by atoms with Gasteiger partial charge in [0.15, 0.2) is 0 Å². The average molecular weight is 380 g/mol. The standard InChI is InChI=1S/C18H16N6O2S/c1-12-3-2-4-14(9-12)17(26)21-18-24-23-16(27-18)10-15(25)22-20-11-13-5-7-19-8-6-13/h2-9,11H,10H2,1H3,(H,22,25)(H,21,24,26)/b20-11-. The van der Waals surface area contributed by atoms with Gasteiger partial charge in [0.1, 0.15) is 5.01 Å². The van der Waals surface area contributed by atoms with E-state index in [2.05, 4.69) is 31.0 Å². The van der Waals surface area contributed by atoms with Crippen molar-refractivity contribution in [2.75, 3.05) is 5.32 Å². The van der Waals surface area contributed by atoms with Gasteiger partial charge in [0.2, 0.25) is 11.0 Å². The van der Waals surface area contributed by atoms with E-state index < -0.39 is 0 Å². The Morgan fingerprint density at radius 1 is 1.19 bits per heavy atom. The van der Waals surface area contributed by atoms with Crippen LogP contribution in [0.25, 0.3) is 0 Å². The van der Waals surface area contributed by atoms with Crippen LogP contribution in [0.1, 0.15) is 26.5 Å². The number of anilines is 1. The summed E-state index contributed by atoms with van der Waals surface area (Å²) in [4.78, 5) is 28.0. The fraction of sp³-hybridized carbons (Fsp3) is 0.111. The number of hydrogen-bond donors (Lipinski definition) is 2. The molecule has 0 saturated heterocycles. The first-order valence-corrected chi connectivity index (χ1v) is 8.84. The van der Waals surface area contributed by atoms with Crippen molar-refractivity contribution < 1.29 is 9.59 Å². The number of aryl methyl sites for hydroxylation is 1. The summed E-state index contributed by atoms with van der Waals surface area (Å²) in [5, 5.41) is 15.2. The van der Waals surface area contributed by atoms with Gasteiger partial charge in [-0.3, -0.25) is 19.9 Å². The van der Waals surface area contributed by atoms with Gasteiger partial charge in [-0.25, -0.2) is 5.43 Å². The number of pyridine rings is 1. The van der Waals surface area contributed by atoms with E-state index in [0.717, 1.165) is 22.5 Å². The number of benzene rings is 1. The lowest BCUT2D eigenvalue weighted by molar-refractivity contribution is -0.120. The van der Waals surface area contributed by atoms with E-state index in [1.807, 2.05) is 19.1 Å². The first-order valence-electron chi connectivity index (χ1n) is 8.02. The van der Waals surface area contributed by atoms with Gasteiger partial charge in [-0.1, -0.05) is 29.0 Å². The molecule has 0 unspecified atom stereocenters. The summed E-state index contributed by atoms with van der Waals surface area (Å²) in [6, 6.07) is 10.8. The summed E-state index contributed by atoms with van der Waals surface area (Å²) in [5.41, 5.74) is 4.77. The SMILES string of the molecule is Cc1cccc(C(=O)Nc2nnc(CC(=O)N/N=C\c3ccncc3)s2)c1. The number of carbonyl (C=O) groups excluding carboxylic acids is 2. The fourth-order valence-corrected chi connectivity index (χ4v) is 2.87.